The summed E-state index contributed by atoms with van der Waals surface area (Å²) in [5, 5.41) is 6.50. The Morgan fingerprint density at radius 1 is 1.24 bits per heavy atom. The molecule has 0 atom stereocenters. The molecule has 1 heterocycles. The predicted molar refractivity (Wildman–Crippen MR) is 71.5 cm³/mol. The van der Waals surface area contributed by atoms with Crippen LogP contribution < -0.4 is 5.56 Å². The van der Waals surface area contributed by atoms with E-state index in [4.69, 9.17) is 12.2 Å². The fourth-order valence-electron chi connectivity index (χ4n) is 1.31. The number of hydrogen-bond donors (Lipinski definition) is 2. The van der Waals surface area contributed by atoms with Crippen molar-refractivity contribution in [2.24, 2.45) is 0 Å². The lowest BCUT2D eigenvalue weighted by atomic mass is 10.2. The van der Waals surface area contributed by atoms with Crippen molar-refractivity contribution >= 4 is 24.0 Å². The van der Waals surface area contributed by atoms with Crippen molar-refractivity contribution in [1.82, 2.24) is 15.2 Å². The second-order valence-electron chi connectivity index (χ2n) is 3.43. The minimum atomic E-state index is -0.214. The van der Waals surface area contributed by atoms with E-state index in [0.29, 0.717) is 11.4 Å². The van der Waals surface area contributed by atoms with Gasteiger partial charge >= 0.3 is 0 Å². The van der Waals surface area contributed by atoms with Crippen LogP contribution in [0.5, 0.6) is 0 Å². The van der Waals surface area contributed by atoms with E-state index < -0.39 is 0 Å². The van der Waals surface area contributed by atoms with Gasteiger partial charge in [-0.3, -0.25) is 14.9 Å². The number of thioether (sulfide) groups is 1. The van der Waals surface area contributed by atoms with Gasteiger partial charge < -0.3 is 0 Å². The Morgan fingerprint density at radius 2 is 2.00 bits per heavy atom. The van der Waals surface area contributed by atoms with Crippen molar-refractivity contribution in [3.05, 3.63) is 56.7 Å². The second kappa shape index (κ2) is 5.79. The average molecular weight is 265 g/mol. The molecule has 0 bridgehead atoms. The normalized spacial score (nSPS) is 10.4. The first kappa shape index (κ1) is 12.1. The summed E-state index contributed by atoms with van der Waals surface area (Å²) in [7, 11) is 0. The highest BCUT2D eigenvalue weighted by Gasteiger charge is 2.01. The minimum absolute atomic E-state index is 0.214. The highest BCUT2D eigenvalue weighted by atomic mass is 32.2. The quantitative estimate of drug-likeness (QED) is 0.832. The fourth-order valence-corrected chi connectivity index (χ4v) is 2.37. The Labute approximate surface area is 107 Å². The van der Waals surface area contributed by atoms with Gasteiger partial charge in [-0.05, 0) is 17.8 Å². The number of aromatic amines is 2. The standard InChI is InChI=1S/C11H11N3OS2/c15-10-9(13-14-11(16)12-10)7-17-6-8-4-2-1-3-5-8/h1-5H,6-7H2,(H2,12,14,15,16). The van der Waals surface area contributed by atoms with Gasteiger partial charge in [0.2, 0.25) is 0 Å². The van der Waals surface area contributed by atoms with E-state index in [2.05, 4.69) is 27.3 Å². The first-order chi connectivity index (χ1) is 8.25. The lowest BCUT2D eigenvalue weighted by molar-refractivity contribution is 0.874. The van der Waals surface area contributed by atoms with E-state index in [1.807, 2.05) is 18.2 Å². The van der Waals surface area contributed by atoms with Crippen LogP contribution in [0.4, 0.5) is 0 Å². The SMILES string of the molecule is O=c1[nH]c(=S)[nH]nc1CSCc1ccccc1. The van der Waals surface area contributed by atoms with Gasteiger partial charge in [0.25, 0.3) is 5.56 Å². The molecule has 0 unspecified atom stereocenters. The number of aromatic nitrogens is 3. The van der Waals surface area contributed by atoms with Crippen molar-refractivity contribution < 1.29 is 0 Å². The molecule has 0 amide bonds. The summed E-state index contributed by atoms with van der Waals surface area (Å²) >= 11 is 6.41. The van der Waals surface area contributed by atoms with Crippen LogP contribution in [-0.4, -0.2) is 15.2 Å². The molecule has 0 aliphatic carbocycles. The van der Waals surface area contributed by atoms with E-state index in [9.17, 15) is 4.79 Å². The van der Waals surface area contributed by atoms with Crippen molar-refractivity contribution in [2.75, 3.05) is 0 Å². The van der Waals surface area contributed by atoms with Crippen LogP contribution in [0.2, 0.25) is 0 Å². The van der Waals surface area contributed by atoms with Crippen molar-refractivity contribution in [2.45, 2.75) is 11.5 Å². The number of H-pyrrole nitrogens is 2. The van der Waals surface area contributed by atoms with Gasteiger partial charge in [-0.25, -0.2) is 0 Å². The maximum atomic E-state index is 11.5. The van der Waals surface area contributed by atoms with Crippen LogP contribution in [0.15, 0.2) is 35.1 Å². The average Bonchev–Trinajstić information content (AvgIpc) is 2.33. The van der Waals surface area contributed by atoms with E-state index in [-0.39, 0.29) is 10.3 Å². The van der Waals surface area contributed by atoms with Gasteiger partial charge in [-0.1, -0.05) is 30.3 Å². The largest absolute Gasteiger partial charge is 0.296 e. The summed E-state index contributed by atoms with van der Waals surface area (Å²) in [6.45, 7) is 0. The van der Waals surface area contributed by atoms with Gasteiger partial charge in [-0.15, -0.1) is 0 Å². The minimum Gasteiger partial charge on any atom is -0.296 e. The van der Waals surface area contributed by atoms with Gasteiger partial charge in [0.15, 0.2) is 4.77 Å². The first-order valence-electron chi connectivity index (χ1n) is 5.05. The Balaban J connectivity index is 1.95. The van der Waals surface area contributed by atoms with Gasteiger partial charge in [0, 0.05) is 11.5 Å². The Kier molecular flexibility index (Phi) is 4.11. The molecule has 6 heteroatoms. The summed E-state index contributed by atoms with van der Waals surface area (Å²) < 4.78 is 0.256. The van der Waals surface area contributed by atoms with E-state index in [1.54, 1.807) is 11.8 Å². The van der Waals surface area contributed by atoms with E-state index >= 15 is 0 Å². The van der Waals surface area contributed by atoms with Gasteiger partial charge in [-0.2, -0.15) is 16.9 Å². The second-order valence-corrected chi connectivity index (χ2v) is 4.83. The molecule has 0 aliphatic rings. The number of hydrogen-bond acceptors (Lipinski definition) is 4. The van der Waals surface area contributed by atoms with Crippen LogP contribution >= 0.6 is 24.0 Å². The topological polar surface area (TPSA) is 61.5 Å². The molecule has 17 heavy (non-hydrogen) atoms. The Morgan fingerprint density at radius 3 is 2.71 bits per heavy atom. The molecule has 0 radical (unpaired) electrons. The zero-order valence-electron chi connectivity index (χ0n) is 8.97. The smallest absolute Gasteiger partial charge is 0.274 e. The van der Waals surface area contributed by atoms with E-state index in [0.717, 1.165) is 5.75 Å². The van der Waals surface area contributed by atoms with Crippen LogP contribution in [0.25, 0.3) is 0 Å². The summed E-state index contributed by atoms with van der Waals surface area (Å²) in [6, 6.07) is 10.1. The molecular formula is C11H11N3OS2. The van der Waals surface area contributed by atoms with Crippen molar-refractivity contribution in [3.63, 3.8) is 0 Å². The molecule has 0 fully saturated rings. The lowest BCUT2D eigenvalue weighted by Crippen LogP contribution is -2.15. The maximum Gasteiger partial charge on any atom is 0.274 e. The van der Waals surface area contributed by atoms with Crippen LogP contribution in [-0.2, 0) is 11.5 Å². The van der Waals surface area contributed by atoms with Crippen LogP contribution in [0, 0.1) is 4.77 Å². The van der Waals surface area contributed by atoms with Gasteiger partial charge in [0.1, 0.15) is 5.69 Å². The monoisotopic (exact) mass is 265 g/mol. The summed E-state index contributed by atoms with van der Waals surface area (Å²) in [4.78, 5) is 14.0. The molecule has 1 aromatic heterocycles. The number of nitrogens with one attached hydrogen (secondary N) is 2. The zero-order chi connectivity index (χ0) is 12.1. The molecule has 0 saturated carbocycles. The third kappa shape index (κ3) is 3.54. The Hall–Kier alpha value is -1.40. The maximum absolute atomic E-state index is 11.5. The molecule has 2 N–H and O–H groups in total. The molecule has 0 saturated heterocycles. The van der Waals surface area contributed by atoms with Crippen molar-refractivity contribution in [1.29, 1.82) is 0 Å². The molecular weight excluding hydrogens is 254 g/mol. The Bertz CT molecular complexity index is 591. The first-order valence-corrected chi connectivity index (χ1v) is 6.61. The molecule has 88 valence electrons. The summed E-state index contributed by atoms with van der Waals surface area (Å²) in [6.07, 6.45) is 0. The van der Waals surface area contributed by atoms with E-state index in [1.165, 1.54) is 5.56 Å². The van der Waals surface area contributed by atoms with Crippen LogP contribution in [0.3, 0.4) is 0 Å². The number of nitrogens with zero attached hydrogens (tertiary/aromatic N) is 1. The highest BCUT2D eigenvalue weighted by Crippen LogP contribution is 2.14. The highest BCUT2D eigenvalue weighted by molar-refractivity contribution is 7.97. The third-order valence-electron chi connectivity index (χ3n) is 2.13. The predicted octanol–water partition coefficient (Wildman–Crippen LogP) is 2.26. The molecule has 1 aromatic carbocycles. The summed E-state index contributed by atoms with van der Waals surface area (Å²) in [5.74, 6) is 1.42. The fraction of sp³-hybridized carbons (Fsp3) is 0.182. The number of rotatable bonds is 4. The van der Waals surface area contributed by atoms with Crippen molar-refractivity contribution in [3.8, 4) is 0 Å². The van der Waals surface area contributed by atoms with Crippen LogP contribution in [0.1, 0.15) is 11.3 Å². The molecule has 2 rings (SSSR count). The molecule has 2 aromatic rings. The lowest BCUT2D eigenvalue weighted by Gasteiger charge is -2.00. The zero-order valence-corrected chi connectivity index (χ0v) is 10.6. The third-order valence-corrected chi connectivity index (χ3v) is 3.34. The van der Waals surface area contributed by atoms with Gasteiger partial charge in [0.05, 0.1) is 0 Å². The number of benzene rings is 1. The molecule has 0 aliphatic heterocycles. The molecule has 4 nitrogen and oxygen atoms in total. The molecule has 0 spiro atoms. The summed E-state index contributed by atoms with van der Waals surface area (Å²) in [5.41, 5.74) is 1.49.